The summed E-state index contributed by atoms with van der Waals surface area (Å²) in [5, 5.41) is 9.08. The first kappa shape index (κ1) is 12.4. The van der Waals surface area contributed by atoms with Crippen LogP contribution in [0.5, 0.6) is 0 Å². The van der Waals surface area contributed by atoms with Crippen LogP contribution in [-0.2, 0) is 6.54 Å². The monoisotopic (exact) mass is 275 g/mol. The highest BCUT2D eigenvalue weighted by atomic mass is 32.1. The lowest BCUT2D eigenvalue weighted by molar-refractivity contribution is 0.0730. The summed E-state index contributed by atoms with van der Waals surface area (Å²) in [4.78, 5) is 16.0. The van der Waals surface area contributed by atoms with E-state index in [0.29, 0.717) is 12.6 Å². The number of hydrogen-bond acceptors (Lipinski definition) is 3. The maximum absolute atomic E-state index is 12.7. The highest BCUT2D eigenvalue weighted by molar-refractivity contribution is 7.09. The Morgan fingerprint density at radius 3 is 2.84 bits per heavy atom. The summed E-state index contributed by atoms with van der Waals surface area (Å²) in [5.74, 6) is 0.111. The maximum atomic E-state index is 12.7. The van der Waals surface area contributed by atoms with Crippen molar-refractivity contribution in [1.29, 1.82) is 0 Å². The molecule has 2 heterocycles. The number of rotatable bonds is 4. The van der Waals surface area contributed by atoms with Gasteiger partial charge in [-0.15, -0.1) is 11.3 Å². The van der Waals surface area contributed by atoms with Gasteiger partial charge in [0.05, 0.1) is 17.8 Å². The lowest BCUT2D eigenvalue weighted by atomic mass is 10.1. The zero-order valence-electron chi connectivity index (χ0n) is 11.1. The predicted octanol–water partition coefficient (Wildman–Crippen LogP) is 2.89. The normalized spacial score (nSPS) is 14.6. The second kappa shape index (κ2) is 4.81. The van der Waals surface area contributed by atoms with Gasteiger partial charge in [-0.1, -0.05) is 6.07 Å². The minimum Gasteiger partial charge on any atom is -0.330 e. The van der Waals surface area contributed by atoms with E-state index in [2.05, 4.69) is 21.6 Å². The number of carbonyl (C=O) groups excluding carboxylic acids is 1. The fraction of sp³-hybridized carbons (Fsp3) is 0.429. The molecule has 0 atom stereocenters. The van der Waals surface area contributed by atoms with Crippen LogP contribution in [0.15, 0.2) is 17.5 Å². The molecule has 0 spiro atoms. The Bertz CT molecular complexity index is 564. The van der Waals surface area contributed by atoms with E-state index in [-0.39, 0.29) is 5.91 Å². The smallest absolute Gasteiger partial charge is 0.258 e. The van der Waals surface area contributed by atoms with Crippen LogP contribution >= 0.6 is 11.3 Å². The fourth-order valence-corrected chi connectivity index (χ4v) is 3.04. The molecular formula is C14H17N3OS. The van der Waals surface area contributed by atoms with Crippen molar-refractivity contribution in [2.75, 3.05) is 0 Å². The zero-order chi connectivity index (χ0) is 13.4. The van der Waals surface area contributed by atoms with Crippen molar-refractivity contribution in [3.8, 4) is 0 Å². The van der Waals surface area contributed by atoms with E-state index >= 15 is 0 Å². The first-order valence-corrected chi connectivity index (χ1v) is 7.39. The number of carbonyl (C=O) groups is 1. The summed E-state index contributed by atoms with van der Waals surface area (Å²) in [6.45, 7) is 4.50. The predicted molar refractivity (Wildman–Crippen MR) is 75.3 cm³/mol. The Hall–Kier alpha value is -1.62. The van der Waals surface area contributed by atoms with Crippen molar-refractivity contribution in [2.45, 2.75) is 39.3 Å². The molecule has 1 saturated carbocycles. The lowest BCUT2D eigenvalue weighted by Crippen LogP contribution is -2.33. The Morgan fingerprint density at radius 2 is 2.32 bits per heavy atom. The molecule has 1 aliphatic carbocycles. The van der Waals surface area contributed by atoms with E-state index in [9.17, 15) is 4.79 Å². The lowest BCUT2D eigenvalue weighted by Gasteiger charge is -2.22. The molecule has 3 rings (SSSR count). The summed E-state index contributed by atoms with van der Waals surface area (Å²) in [7, 11) is 0. The van der Waals surface area contributed by atoms with Crippen molar-refractivity contribution in [3.05, 3.63) is 39.3 Å². The molecule has 0 radical (unpaired) electrons. The first-order chi connectivity index (χ1) is 9.16. The minimum absolute atomic E-state index is 0.111. The molecule has 5 heteroatoms. The van der Waals surface area contributed by atoms with E-state index in [4.69, 9.17) is 0 Å². The van der Waals surface area contributed by atoms with Crippen LogP contribution < -0.4 is 0 Å². The van der Waals surface area contributed by atoms with E-state index in [1.807, 2.05) is 24.8 Å². The third-order valence-electron chi connectivity index (χ3n) is 3.50. The molecular weight excluding hydrogens is 258 g/mol. The Kier molecular flexibility index (Phi) is 3.14. The molecule has 100 valence electrons. The molecule has 2 aromatic heterocycles. The SMILES string of the molecule is Cc1n[nH]c(C)c1C(=O)N(Cc1cccs1)C1CC1. The number of nitrogens with zero attached hydrogens (tertiary/aromatic N) is 2. The number of aromatic nitrogens is 2. The summed E-state index contributed by atoms with van der Waals surface area (Å²) < 4.78 is 0. The van der Waals surface area contributed by atoms with Gasteiger partial charge in [-0.25, -0.2) is 0 Å². The van der Waals surface area contributed by atoms with Crippen LogP contribution in [-0.4, -0.2) is 27.0 Å². The van der Waals surface area contributed by atoms with Crippen LogP contribution in [0.1, 0.15) is 39.5 Å². The summed E-state index contributed by atoms with van der Waals surface area (Å²) in [6.07, 6.45) is 2.24. The molecule has 0 unspecified atom stereocenters. The number of aromatic amines is 1. The van der Waals surface area contributed by atoms with E-state index in [0.717, 1.165) is 29.8 Å². The van der Waals surface area contributed by atoms with Crippen molar-refractivity contribution in [1.82, 2.24) is 15.1 Å². The molecule has 0 aliphatic heterocycles. The molecule has 0 saturated heterocycles. The standard InChI is InChI=1S/C14H17N3OS/c1-9-13(10(2)16-15-9)14(18)17(11-5-6-11)8-12-4-3-7-19-12/h3-4,7,11H,5-6,8H2,1-2H3,(H,15,16). The van der Waals surface area contributed by atoms with Crippen LogP contribution in [0, 0.1) is 13.8 Å². The van der Waals surface area contributed by atoms with Crippen LogP contribution in [0.4, 0.5) is 0 Å². The third kappa shape index (κ3) is 2.42. The third-order valence-corrected chi connectivity index (χ3v) is 4.36. The molecule has 2 aromatic rings. The first-order valence-electron chi connectivity index (χ1n) is 6.51. The van der Waals surface area contributed by atoms with Crippen molar-refractivity contribution in [3.63, 3.8) is 0 Å². The number of thiophene rings is 1. The van der Waals surface area contributed by atoms with Crippen molar-refractivity contribution >= 4 is 17.2 Å². The molecule has 0 bridgehead atoms. The van der Waals surface area contributed by atoms with Gasteiger partial charge in [0.15, 0.2) is 0 Å². The molecule has 1 N–H and O–H groups in total. The largest absolute Gasteiger partial charge is 0.330 e. The zero-order valence-corrected chi connectivity index (χ0v) is 12.0. The van der Waals surface area contributed by atoms with Gasteiger partial charge in [-0.2, -0.15) is 5.10 Å². The number of nitrogens with one attached hydrogen (secondary N) is 1. The summed E-state index contributed by atoms with van der Waals surface area (Å²) in [5.41, 5.74) is 2.39. The molecule has 1 fully saturated rings. The Morgan fingerprint density at radius 1 is 1.53 bits per heavy atom. The Labute approximate surface area is 116 Å². The number of aryl methyl sites for hydroxylation is 2. The van der Waals surface area contributed by atoms with E-state index in [1.54, 1.807) is 11.3 Å². The maximum Gasteiger partial charge on any atom is 0.258 e. The second-order valence-corrected chi connectivity index (χ2v) is 6.08. The summed E-state index contributed by atoms with van der Waals surface area (Å²) >= 11 is 1.70. The van der Waals surface area contributed by atoms with E-state index < -0.39 is 0 Å². The molecule has 1 amide bonds. The number of H-pyrrole nitrogens is 1. The second-order valence-electron chi connectivity index (χ2n) is 5.05. The average molecular weight is 275 g/mol. The topological polar surface area (TPSA) is 49.0 Å². The van der Waals surface area contributed by atoms with E-state index in [1.165, 1.54) is 4.88 Å². The summed E-state index contributed by atoms with van der Waals surface area (Å²) in [6, 6.07) is 4.52. The molecule has 1 aliphatic rings. The fourth-order valence-electron chi connectivity index (χ4n) is 2.33. The van der Waals surface area contributed by atoms with Gasteiger partial charge in [0, 0.05) is 16.6 Å². The average Bonchev–Trinajstić information content (AvgIpc) is 2.99. The Balaban J connectivity index is 1.86. The number of hydrogen-bond donors (Lipinski definition) is 1. The van der Waals surface area contributed by atoms with Crippen LogP contribution in [0.2, 0.25) is 0 Å². The van der Waals surface area contributed by atoms with Crippen LogP contribution in [0.3, 0.4) is 0 Å². The van der Waals surface area contributed by atoms with Gasteiger partial charge in [0.2, 0.25) is 0 Å². The minimum atomic E-state index is 0.111. The van der Waals surface area contributed by atoms with Gasteiger partial charge in [0.1, 0.15) is 0 Å². The molecule has 19 heavy (non-hydrogen) atoms. The highest BCUT2D eigenvalue weighted by Crippen LogP contribution is 2.31. The van der Waals surface area contributed by atoms with Crippen molar-refractivity contribution < 1.29 is 4.79 Å². The van der Waals surface area contributed by atoms with Gasteiger partial charge in [-0.3, -0.25) is 9.89 Å². The highest BCUT2D eigenvalue weighted by Gasteiger charge is 2.34. The molecule has 0 aromatic carbocycles. The van der Waals surface area contributed by atoms with Gasteiger partial charge in [-0.05, 0) is 38.1 Å². The quantitative estimate of drug-likeness (QED) is 0.932. The number of amides is 1. The van der Waals surface area contributed by atoms with Crippen molar-refractivity contribution in [2.24, 2.45) is 0 Å². The van der Waals surface area contributed by atoms with Crippen LogP contribution in [0.25, 0.3) is 0 Å². The van der Waals surface area contributed by atoms with Gasteiger partial charge in [0.25, 0.3) is 5.91 Å². The molecule has 4 nitrogen and oxygen atoms in total. The van der Waals surface area contributed by atoms with Gasteiger partial charge < -0.3 is 4.90 Å². The van der Waals surface area contributed by atoms with Gasteiger partial charge >= 0.3 is 0 Å².